The van der Waals surface area contributed by atoms with E-state index in [4.69, 9.17) is 10.5 Å². The standard InChI is InChI=1S/C15H25NO/c1-6-17-15-7-11(4)13(8-12(5)16)9-14(15)10(2)3/h7,9-10,12H,6,8,16H2,1-5H3. The smallest absolute Gasteiger partial charge is 0.123 e. The van der Waals surface area contributed by atoms with Crippen molar-refractivity contribution in [3.8, 4) is 5.75 Å². The predicted molar refractivity (Wildman–Crippen MR) is 73.8 cm³/mol. The Hall–Kier alpha value is -1.02. The summed E-state index contributed by atoms with van der Waals surface area (Å²) in [5.74, 6) is 1.50. The van der Waals surface area contributed by atoms with E-state index in [9.17, 15) is 0 Å². The lowest BCUT2D eigenvalue weighted by Crippen LogP contribution is -2.18. The Labute approximate surface area is 105 Å². The van der Waals surface area contributed by atoms with Gasteiger partial charge in [-0.25, -0.2) is 0 Å². The molecule has 0 fully saturated rings. The quantitative estimate of drug-likeness (QED) is 0.849. The van der Waals surface area contributed by atoms with Gasteiger partial charge in [0.25, 0.3) is 0 Å². The average molecular weight is 235 g/mol. The van der Waals surface area contributed by atoms with Crippen LogP contribution in [-0.2, 0) is 6.42 Å². The topological polar surface area (TPSA) is 35.2 Å². The molecule has 0 saturated carbocycles. The van der Waals surface area contributed by atoms with Gasteiger partial charge in [-0.05, 0) is 55.9 Å². The molecule has 0 heterocycles. The number of aryl methyl sites for hydroxylation is 1. The minimum absolute atomic E-state index is 0.201. The summed E-state index contributed by atoms with van der Waals surface area (Å²) in [5.41, 5.74) is 9.78. The van der Waals surface area contributed by atoms with Crippen LogP contribution in [0.3, 0.4) is 0 Å². The zero-order valence-corrected chi connectivity index (χ0v) is 11.7. The van der Waals surface area contributed by atoms with E-state index in [1.165, 1.54) is 16.7 Å². The molecular weight excluding hydrogens is 210 g/mol. The van der Waals surface area contributed by atoms with Gasteiger partial charge in [0.1, 0.15) is 5.75 Å². The minimum Gasteiger partial charge on any atom is -0.494 e. The number of nitrogens with two attached hydrogens (primary N) is 1. The lowest BCUT2D eigenvalue weighted by Gasteiger charge is -2.18. The normalized spacial score (nSPS) is 12.9. The van der Waals surface area contributed by atoms with Gasteiger partial charge >= 0.3 is 0 Å². The fourth-order valence-electron chi connectivity index (χ4n) is 2.04. The van der Waals surface area contributed by atoms with Crippen molar-refractivity contribution in [3.05, 3.63) is 28.8 Å². The van der Waals surface area contributed by atoms with Crippen molar-refractivity contribution in [2.24, 2.45) is 5.73 Å². The summed E-state index contributed by atoms with van der Waals surface area (Å²) in [4.78, 5) is 0. The SMILES string of the molecule is CCOc1cc(C)c(CC(C)N)cc1C(C)C. The largest absolute Gasteiger partial charge is 0.494 e. The van der Waals surface area contributed by atoms with Gasteiger partial charge in [-0.2, -0.15) is 0 Å². The van der Waals surface area contributed by atoms with E-state index in [0.29, 0.717) is 12.5 Å². The first kappa shape index (κ1) is 14.0. The molecule has 1 aromatic carbocycles. The van der Waals surface area contributed by atoms with E-state index in [0.717, 1.165) is 12.2 Å². The highest BCUT2D eigenvalue weighted by Crippen LogP contribution is 2.30. The molecule has 0 aromatic heterocycles. The Morgan fingerprint density at radius 2 is 1.88 bits per heavy atom. The molecule has 0 radical (unpaired) electrons. The number of benzene rings is 1. The van der Waals surface area contributed by atoms with E-state index >= 15 is 0 Å². The van der Waals surface area contributed by atoms with Gasteiger partial charge in [0.2, 0.25) is 0 Å². The second-order valence-electron chi connectivity index (χ2n) is 5.09. The Balaban J connectivity index is 3.14. The van der Waals surface area contributed by atoms with Crippen molar-refractivity contribution < 1.29 is 4.74 Å². The second-order valence-corrected chi connectivity index (χ2v) is 5.09. The maximum absolute atomic E-state index is 5.88. The van der Waals surface area contributed by atoms with Gasteiger partial charge in [0.05, 0.1) is 6.61 Å². The van der Waals surface area contributed by atoms with Gasteiger partial charge in [-0.1, -0.05) is 19.9 Å². The molecule has 0 aliphatic rings. The molecule has 0 aliphatic carbocycles. The highest BCUT2D eigenvalue weighted by molar-refractivity contribution is 5.44. The molecule has 0 amide bonds. The highest BCUT2D eigenvalue weighted by atomic mass is 16.5. The van der Waals surface area contributed by atoms with Gasteiger partial charge in [-0.3, -0.25) is 0 Å². The summed E-state index contributed by atoms with van der Waals surface area (Å²) in [6.07, 6.45) is 0.929. The van der Waals surface area contributed by atoms with Crippen molar-refractivity contribution in [3.63, 3.8) is 0 Å². The molecule has 96 valence electrons. The van der Waals surface area contributed by atoms with Crippen LogP contribution in [0.1, 0.15) is 50.3 Å². The molecule has 0 aliphatic heterocycles. The first-order chi connectivity index (χ1) is 7.95. The summed E-state index contributed by atoms with van der Waals surface area (Å²) in [7, 11) is 0. The van der Waals surface area contributed by atoms with E-state index < -0.39 is 0 Å². The van der Waals surface area contributed by atoms with Crippen LogP contribution in [0.15, 0.2) is 12.1 Å². The van der Waals surface area contributed by atoms with Crippen LogP contribution in [0.5, 0.6) is 5.75 Å². The van der Waals surface area contributed by atoms with E-state index in [-0.39, 0.29) is 6.04 Å². The monoisotopic (exact) mass is 235 g/mol. The third kappa shape index (κ3) is 3.74. The maximum atomic E-state index is 5.88. The number of hydrogen-bond acceptors (Lipinski definition) is 2. The highest BCUT2D eigenvalue weighted by Gasteiger charge is 2.12. The fourth-order valence-corrected chi connectivity index (χ4v) is 2.04. The Kier molecular flexibility index (Phi) is 5.01. The number of ether oxygens (including phenoxy) is 1. The molecule has 1 rings (SSSR count). The van der Waals surface area contributed by atoms with Gasteiger partial charge in [-0.15, -0.1) is 0 Å². The van der Waals surface area contributed by atoms with Crippen molar-refractivity contribution in [1.29, 1.82) is 0 Å². The molecule has 1 unspecified atom stereocenters. The first-order valence-electron chi connectivity index (χ1n) is 6.47. The van der Waals surface area contributed by atoms with Crippen LogP contribution in [-0.4, -0.2) is 12.6 Å². The fraction of sp³-hybridized carbons (Fsp3) is 0.600. The molecule has 0 spiro atoms. The van der Waals surface area contributed by atoms with Crippen molar-refractivity contribution in [2.45, 2.75) is 53.0 Å². The third-order valence-corrected chi connectivity index (χ3v) is 2.93. The van der Waals surface area contributed by atoms with Gasteiger partial charge in [0, 0.05) is 6.04 Å². The molecule has 2 N–H and O–H groups in total. The van der Waals surface area contributed by atoms with Crippen molar-refractivity contribution in [1.82, 2.24) is 0 Å². The van der Waals surface area contributed by atoms with E-state index in [1.807, 2.05) is 13.8 Å². The summed E-state index contributed by atoms with van der Waals surface area (Å²) >= 11 is 0. The summed E-state index contributed by atoms with van der Waals surface area (Å²) in [6.45, 7) is 11.3. The predicted octanol–water partition coefficient (Wildman–Crippen LogP) is 3.41. The molecule has 2 heteroatoms. The average Bonchev–Trinajstić information content (AvgIpc) is 2.21. The minimum atomic E-state index is 0.201. The Morgan fingerprint density at radius 3 is 2.35 bits per heavy atom. The number of rotatable bonds is 5. The summed E-state index contributed by atoms with van der Waals surface area (Å²) in [6, 6.07) is 4.61. The van der Waals surface area contributed by atoms with E-state index in [2.05, 4.69) is 32.9 Å². The van der Waals surface area contributed by atoms with Crippen LogP contribution in [0.2, 0.25) is 0 Å². The molecule has 0 saturated heterocycles. The molecular formula is C15H25NO. The molecule has 1 aromatic rings. The van der Waals surface area contributed by atoms with Crippen molar-refractivity contribution in [2.75, 3.05) is 6.61 Å². The summed E-state index contributed by atoms with van der Waals surface area (Å²) < 4.78 is 5.71. The third-order valence-electron chi connectivity index (χ3n) is 2.93. The number of hydrogen-bond donors (Lipinski definition) is 1. The van der Waals surface area contributed by atoms with Gasteiger partial charge in [0.15, 0.2) is 0 Å². The first-order valence-corrected chi connectivity index (χ1v) is 6.47. The Morgan fingerprint density at radius 1 is 1.24 bits per heavy atom. The Bertz CT molecular complexity index is 369. The van der Waals surface area contributed by atoms with Crippen LogP contribution in [0.4, 0.5) is 0 Å². The van der Waals surface area contributed by atoms with Crippen LogP contribution in [0, 0.1) is 6.92 Å². The summed E-state index contributed by atoms with van der Waals surface area (Å²) in [5, 5.41) is 0. The van der Waals surface area contributed by atoms with Gasteiger partial charge < -0.3 is 10.5 Å². The zero-order valence-electron chi connectivity index (χ0n) is 11.7. The molecule has 17 heavy (non-hydrogen) atoms. The molecule has 0 bridgehead atoms. The lowest BCUT2D eigenvalue weighted by molar-refractivity contribution is 0.335. The zero-order chi connectivity index (χ0) is 13.0. The molecule has 2 nitrogen and oxygen atoms in total. The van der Waals surface area contributed by atoms with Crippen LogP contribution < -0.4 is 10.5 Å². The van der Waals surface area contributed by atoms with Crippen LogP contribution >= 0.6 is 0 Å². The van der Waals surface area contributed by atoms with Crippen LogP contribution in [0.25, 0.3) is 0 Å². The second kappa shape index (κ2) is 6.06. The maximum Gasteiger partial charge on any atom is 0.123 e. The lowest BCUT2D eigenvalue weighted by atomic mass is 9.94. The van der Waals surface area contributed by atoms with E-state index in [1.54, 1.807) is 0 Å². The molecule has 1 atom stereocenters. The van der Waals surface area contributed by atoms with Crippen molar-refractivity contribution >= 4 is 0 Å².